The van der Waals surface area contributed by atoms with Crippen LogP contribution >= 0.6 is 0 Å². The van der Waals surface area contributed by atoms with Crippen LogP contribution in [-0.2, 0) is 0 Å². The quantitative estimate of drug-likeness (QED) is 0.372. The molecule has 17 heavy (non-hydrogen) atoms. The van der Waals surface area contributed by atoms with Crippen molar-refractivity contribution in [1.29, 1.82) is 0 Å². The zero-order chi connectivity index (χ0) is 13.0. The predicted molar refractivity (Wildman–Crippen MR) is 80.4 cm³/mol. The molecule has 1 unspecified atom stereocenters. The summed E-state index contributed by atoms with van der Waals surface area (Å²) in [6.45, 7) is 6.87. The minimum absolute atomic E-state index is 0.292. The Hall–Kier alpha value is 0.0249. The summed E-state index contributed by atoms with van der Waals surface area (Å²) in [6, 6.07) is 0. The van der Waals surface area contributed by atoms with Crippen LogP contribution in [0.5, 0.6) is 0 Å². The van der Waals surface area contributed by atoms with Gasteiger partial charge in [-0.05, 0) is 5.31 Å². The normalized spacial score (nSPS) is 14.6. The second-order valence-electron chi connectivity index (χ2n) is 5.80. The van der Waals surface area contributed by atoms with Gasteiger partial charge in [0.25, 0.3) is 0 Å². The van der Waals surface area contributed by atoms with Crippen LogP contribution in [0.4, 0.5) is 0 Å². The monoisotopic (exact) mass is 238 g/mol. The lowest BCUT2D eigenvalue weighted by atomic mass is 9.57. The molecule has 0 rings (SSSR count). The molecule has 1 nitrogen and oxygen atoms in total. The Labute approximate surface area is 110 Å². The van der Waals surface area contributed by atoms with E-state index < -0.39 is 0 Å². The summed E-state index contributed by atoms with van der Waals surface area (Å²) in [6.07, 6.45) is 14.8. The zero-order valence-electron chi connectivity index (χ0n) is 12.4. The second-order valence-corrected chi connectivity index (χ2v) is 5.80. The Morgan fingerprint density at radius 2 is 1.18 bits per heavy atom. The molecule has 2 N–H and O–H groups in total. The van der Waals surface area contributed by atoms with Gasteiger partial charge in [-0.25, -0.2) is 0 Å². The summed E-state index contributed by atoms with van der Waals surface area (Å²) in [7, 11) is 1.96. The lowest BCUT2D eigenvalue weighted by molar-refractivity contribution is 0.448. The van der Waals surface area contributed by atoms with E-state index in [-0.39, 0.29) is 0 Å². The summed E-state index contributed by atoms with van der Waals surface area (Å²) in [5.74, 6) is 0. The van der Waals surface area contributed by atoms with E-state index in [0.717, 1.165) is 0 Å². The van der Waals surface area contributed by atoms with E-state index in [1.54, 1.807) is 0 Å². The first-order valence-electron chi connectivity index (χ1n) is 7.74. The summed E-state index contributed by atoms with van der Waals surface area (Å²) in [5.41, 5.74) is 5.84. The fourth-order valence-corrected chi connectivity index (χ4v) is 2.38. The minimum atomic E-state index is 0.292. The Balaban J connectivity index is 3.61. The molecule has 0 amide bonds. The molecule has 0 heterocycles. The topological polar surface area (TPSA) is 26.0 Å². The summed E-state index contributed by atoms with van der Waals surface area (Å²) < 4.78 is 0. The van der Waals surface area contributed by atoms with Crippen LogP contribution in [0.25, 0.3) is 0 Å². The van der Waals surface area contributed by atoms with Crippen molar-refractivity contribution in [2.75, 3.05) is 0 Å². The van der Waals surface area contributed by atoms with E-state index in [2.05, 4.69) is 20.8 Å². The first-order chi connectivity index (χ1) is 8.18. The smallest absolute Gasteiger partial charge is 0.209 e. The van der Waals surface area contributed by atoms with E-state index in [4.69, 9.17) is 5.64 Å². The van der Waals surface area contributed by atoms with Gasteiger partial charge in [0, 0.05) is 0 Å². The van der Waals surface area contributed by atoms with Crippen molar-refractivity contribution < 1.29 is 0 Å². The van der Waals surface area contributed by atoms with Crippen molar-refractivity contribution in [3.8, 4) is 0 Å². The average molecular weight is 238 g/mol. The molecule has 0 fully saturated rings. The SMILES string of the molecule is CCCCCCCC(C)([B]N)CCCCCC. The molecule has 1 atom stereocenters. The van der Waals surface area contributed by atoms with Crippen molar-refractivity contribution in [2.24, 2.45) is 5.64 Å². The standard InChI is InChI=1S/C15H33BN/c1-4-6-8-10-12-14-15(3,16-17)13-11-9-7-5-2/h4-14,17H2,1-3H3. The average Bonchev–Trinajstić information content (AvgIpc) is 2.34. The summed E-state index contributed by atoms with van der Waals surface area (Å²) >= 11 is 0. The van der Waals surface area contributed by atoms with Gasteiger partial charge in [-0.2, -0.15) is 0 Å². The first kappa shape index (κ1) is 17.0. The van der Waals surface area contributed by atoms with Crippen LogP contribution < -0.4 is 5.64 Å². The lowest BCUT2D eigenvalue weighted by Crippen LogP contribution is -2.24. The van der Waals surface area contributed by atoms with Crippen LogP contribution in [-0.4, -0.2) is 7.41 Å². The largest absolute Gasteiger partial charge is 0.374 e. The molecule has 0 saturated heterocycles. The number of unbranched alkanes of at least 4 members (excludes halogenated alkanes) is 7. The number of rotatable bonds is 12. The summed E-state index contributed by atoms with van der Waals surface area (Å²) in [5, 5.41) is 0.292. The van der Waals surface area contributed by atoms with Crippen molar-refractivity contribution in [1.82, 2.24) is 0 Å². The first-order valence-corrected chi connectivity index (χ1v) is 7.74. The molecular weight excluding hydrogens is 205 g/mol. The van der Waals surface area contributed by atoms with Gasteiger partial charge in [0.15, 0.2) is 0 Å². The van der Waals surface area contributed by atoms with Crippen molar-refractivity contribution >= 4 is 7.41 Å². The lowest BCUT2D eigenvalue weighted by Gasteiger charge is -2.27. The highest BCUT2D eigenvalue weighted by atomic mass is 14.4. The summed E-state index contributed by atoms with van der Waals surface area (Å²) in [4.78, 5) is 0. The molecule has 2 heteroatoms. The third-order valence-corrected chi connectivity index (χ3v) is 3.86. The Morgan fingerprint density at radius 3 is 1.59 bits per heavy atom. The van der Waals surface area contributed by atoms with Gasteiger partial charge < -0.3 is 5.64 Å². The molecule has 1 radical (unpaired) electrons. The fourth-order valence-electron chi connectivity index (χ4n) is 2.38. The Morgan fingerprint density at radius 1 is 0.765 bits per heavy atom. The van der Waals surface area contributed by atoms with Gasteiger partial charge in [-0.3, -0.25) is 0 Å². The van der Waals surface area contributed by atoms with Crippen molar-refractivity contribution in [2.45, 2.75) is 96.7 Å². The Kier molecular flexibility index (Phi) is 11.2. The van der Waals surface area contributed by atoms with E-state index in [0.29, 0.717) is 5.31 Å². The predicted octanol–water partition coefficient (Wildman–Crippen LogP) is 5.07. The molecule has 0 aromatic heterocycles. The van der Waals surface area contributed by atoms with Crippen LogP contribution in [0.15, 0.2) is 0 Å². The van der Waals surface area contributed by atoms with Crippen molar-refractivity contribution in [3.63, 3.8) is 0 Å². The van der Waals surface area contributed by atoms with Crippen molar-refractivity contribution in [3.05, 3.63) is 0 Å². The van der Waals surface area contributed by atoms with Gasteiger partial charge in [-0.15, -0.1) is 0 Å². The molecule has 0 aliphatic rings. The van der Waals surface area contributed by atoms with Gasteiger partial charge in [0.2, 0.25) is 7.41 Å². The minimum Gasteiger partial charge on any atom is -0.374 e. The van der Waals surface area contributed by atoms with E-state index in [9.17, 15) is 0 Å². The third-order valence-electron chi connectivity index (χ3n) is 3.86. The Bertz CT molecular complexity index is 161. The third kappa shape index (κ3) is 9.70. The van der Waals surface area contributed by atoms with Gasteiger partial charge >= 0.3 is 0 Å². The van der Waals surface area contributed by atoms with E-state index in [1.807, 2.05) is 7.41 Å². The van der Waals surface area contributed by atoms with E-state index >= 15 is 0 Å². The molecule has 0 aliphatic heterocycles. The maximum atomic E-state index is 5.84. The van der Waals surface area contributed by atoms with Gasteiger partial charge in [-0.1, -0.05) is 91.4 Å². The van der Waals surface area contributed by atoms with Crippen LogP contribution in [0.1, 0.15) is 91.4 Å². The molecular formula is C15H33BN. The highest BCUT2D eigenvalue weighted by Gasteiger charge is 2.22. The zero-order valence-corrected chi connectivity index (χ0v) is 12.4. The molecule has 0 bridgehead atoms. The van der Waals surface area contributed by atoms with Gasteiger partial charge in [0.1, 0.15) is 0 Å². The number of hydrogen-bond acceptors (Lipinski definition) is 1. The molecule has 0 aromatic carbocycles. The second kappa shape index (κ2) is 11.1. The highest BCUT2D eigenvalue weighted by molar-refractivity contribution is 6.35. The van der Waals surface area contributed by atoms with Crippen LogP contribution in [0.2, 0.25) is 5.31 Å². The molecule has 0 aromatic rings. The van der Waals surface area contributed by atoms with Crippen LogP contribution in [0, 0.1) is 0 Å². The van der Waals surface area contributed by atoms with Crippen LogP contribution in [0.3, 0.4) is 0 Å². The molecule has 101 valence electrons. The van der Waals surface area contributed by atoms with Gasteiger partial charge in [0.05, 0.1) is 0 Å². The number of nitrogens with two attached hydrogens (primary N) is 1. The van der Waals surface area contributed by atoms with E-state index in [1.165, 1.54) is 70.6 Å². The fraction of sp³-hybridized carbons (Fsp3) is 1.00. The highest BCUT2D eigenvalue weighted by Crippen LogP contribution is 2.36. The molecule has 0 aliphatic carbocycles. The molecule has 0 saturated carbocycles. The maximum Gasteiger partial charge on any atom is 0.209 e. The maximum absolute atomic E-state index is 5.84. The molecule has 0 spiro atoms. The number of hydrogen-bond donors (Lipinski definition) is 1.